The van der Waals surface area contributed by atoms with E-state index in [2.05, 4.69) is 81.5 Å². The van der Waals surface area contributed by atoms with Crippen molar-refractivity contribution in [1.82, 2.24) is 0 Å². The first-order valence-corrected chi connectivity index (χ1v) is 32.3. The Morgan fingerprint density at radius 1 is 0.284 bits per heavy atom. The lowest BCUT2D eigenvalue weighted by atomic mass is 10.0. The van der Waals surface area contributed by atoms with Crippen LogP contribution in [0.15, 0.2) is 60.8 Å². The third-order valence-electron chi connectivity index (χ3n) is 14.3. The summed E-state index contributed by atoms with van der Waals surface area (Å²) in [6.45, 7) is 6.49. The molecule has 0 bridgehead atoms. The monoisotopic (exact) mass is 1030 g/mol. The Morgan fingerprint density at radius 3 is 0.824 bits per heavy atom. The molecule has 0 aromatic carbocycles. The normalized spacial score (nSPS) is 12.4. The molecule has 0 radical (unpaired) electrons. The lowest BCUT2D eigenvalue weighted by Gasteiger charge is -2.18. The van der Waals surface area contributed by atoms with Crippen molar-refractivity contribution in [1.29, 1.82) is 0 Å². The number of ether oxygens (including phenoxy) is 3. The number of hydrogen-bond acceptors (Lipinski definition) is 6. The fourth-order valence-corrected chi connectivity index (χ4v) is 9.47. The summed E-state index contributed by atoms with van der Waals surface area (Å²) < 4.78 is 16.8. The maximum atomic E-state index is 12.8. The quantitative estimate of drug-likeness (QED) is 0.0261. The van der Waals surface area contributed by atoms with E-state index in [9.17, 15) is 14.4 Å². The van der Waals surface area contributed by atoms with Crippen LogP contribution in [-0.4, -0.2) is 37.2 Å². The van der Waals surface area contributed by atoms with E-state index in [1.165, 1.54) is 193 Å². The van der Waals surface area contributed by atoms with Crippen LogP contribution in [0.5, 0.6) is 0 Å². The minimum absolute atomic E-state index is 0.0733. The summed E-state index contributed by atoms with van der Waals surface area (Å²) in [6.07, 6.45) is 80.0. The third kappa shape index (κ3) is 60.0. The second-order valence-corrected chi connectivity index (χ2v) is 21.7. The minimum atomic E-state index is -0.773. The summed E-state index contributed by atoms with van der Waals surface area (Å²) in [5.74, 6) is -0.877. The predicted octanol–water partition coefficient (Wildman–Crippen LogP) is 21.9. The number of carbonyl (C=O) groups excluding carboxylic acids is 3. The van der Waals surface area contributed by atoms with Crippen LogP contribution < -0.4 is 0 Å². The number of hydrogen-bond donors (Lipinski definition) is 0. The number of carbonyl (C=O) groups is 3. The van der Waals surface area contributed by atoms with Crippen molar-refractivity contribution in [2.45, 2.75) is 341 Å². The van der Waals surface area contributed by atoms with Gasteiger partial charge >= 0.3 is 17.9 Å². The number of rotatable bonds is 59. The summed E-state index contributed by atoms with van der Waals surface area (Å²) >= 11 is 0. The molecule has 0 saturated carbocycles. The molecule has 0 aliphatic rings. The maximum absolute atomic E-state index is 12.8. The van der Waals surface area contributed by atoms with Crippen molar-refractivity contribution in [2.75, 3.05) is 13.2 Å². The number of allylic oxidation sites excluding steroid dienone is 10. The molecular formula is C68H122O6. The highest BCUT2D eigenvalue weighted by molar-refractivity contribution is 5.71. The predicted molar refractivity (Wildman–Crippen MR) is 321 cm³/mol. The second-order valence-electron chi connectivity index (χ2n) is 21.7. The molecule has 6 nitrogen and oxygen atoms in total. The molecule has 6 heteroatoms. The SMILES string of the molecule is CC/C=C\C/C=C\C/C=C\C/C=C\C/C=C\CCCCCCCCCCCC(=O)OC(COC(=O)CCCCCCC)COC(=O)CCCCCCCCCCCCCCCCCCCCCCCCCCCC. The number of esters is 3. The molecule has 0 aliphatic carbocycles. The molecule has 0 aromatic heterocycles. The fourth-order valence-electron chi connectivity index (χ4n) is 9.47. The van der Waals surface area contributed by atoms with Gasteiger partial charge in [0.2, 0.25) is 0 Å². The lowest BCUT2D eigenvalue weighted by molar-refractivity contribution is -0.167. The highest BCUT2D eigenvalue weighted by Crippen LogP contribution is 2.18. The topological polar surface area (TPSA) is 78.9 Å². The Kier molecular flexibility index (Phi) is 60.2. The van der Waals surface area contributed by atoms with E-state index in [4.69, 9.17) is 14.2 Å². The van der Waals surface area contributed by atoms with Crippen molar-refractivity contribution in [3.63, 3.8) is 0 Å². The molecule has 1 atom stereocenters. The van der Waals surface area contributed by atoms with E-state index in [1.54, 1.807) is 0 Å². The summed E-state index contributed by atoms with van der Waals surface area (Å²) in [7, 11) is 0. The van der Waals surface area contributed by atoms with Crippen molar-refractivity contribution in [2.24, 2.45) is 0 Å². The Morgan fingerprint density at radius 2 is 0.527 bits per heavy atom. The highest BCUT2D eigenvalue weighted by Gasteiger charge is 2.19. The summed E-state index contributed by atoms with van der Waals surface area (Å²) in [5, 5.41) is 0. The van der Waals surface area contributed by atoms with Crippen molar-refractivity contribution in [3.05, 3.63) is 60.8 Å². The van der Waals surface area contributed by atoms with Crippen LogP contribution in [0.3, 0.4) is 0 Å². The summed E-state index contributed by atoms with van der Waals surface area (Å²) in [6, 6.07) is 0. The van der Waals surface area contributed by atoms with Gasteiger partial charge in [-0.25, -0.2) is 0 Å². The van der Waals surface area contributed by atoms with E-state index < -0.39 is 6.10 Å². The Balaban J connectivity index is 4.01. The maximum Gasteiger partial charge on any atom is 0.306 e. The van der Waals surface area contributed by atoms with Gasteiger partial charge in [-0.2, -0.15) is 0 Å². The van der Waals surface area contributed by atoms with Gasteiger partial charge in [-0.15, -0.1) is 0 Å². The minimum Gasteiger partial charge on any atom is -0.462 e. The number of unbranched alkanes of at least 4 members (excludes halogenated alkanes) is 38. The Labute approximate surface area is 460 Å². The van der Waals surface area contributed by atoms with E-state index in [1.807, 2.05) is 0 Å². The molecule has 0 aliphatic heterocycles. The van der Waals surface area contributed by atoms with Crippen LogP contribution in [0.2, 0.25) is 0 Å². The van der Waals surface area contributed by atoms with E-state index >= 15 is 0 Å². The van der Waals surface area contributed by atoms with Crippen LogP contribution in [0.25, 0.3) is 0 Å². The van der Waals surface area contributed by atoms with Gasteiger partial charge in [0, 0.05) is 19.3 Å². The largest absolute Gasteiger partial charge is 0.462 e. The van der Waals surface area contributed by atoms with Crippen molar-refractivity contribution < 1.29 is 28.6 Å². The van der Waals surface area contributed by atoms with Crippen molar-refractivity contribution >= 4 is 17.9 Å². The zero-order valence-corrected chi connectivity index (χ0v) is 49.4. The van der Waals surface area contributed by atoms with E-state index in [-0.39, 0.29) is 31.1 Å². The molecule has 1 unspecified atom stereocenters. The first-order chi connectivity index (χ1) is 36.5. The van der Waals surface area contributed by atoms with Gasteiger partial charge in [0.05, 0.1) is 0 Å². The average Bonchev–Trinajstić information content (AvgIpc) is 3.40. The van der Waals surface area contributed by atoms with Gasteiger partial charge < -0.3 is 14.2 Å². The van der Waals surface area contributed by atoms with Gasteiger partial charge in [0.25, 0.3) is 0 Å². The first kappa shape index (κ1) is 71.1. The van der Waals surface area contributed by atoms with Crippen LogP contribution in [0, 0.1) is 0 Å². The molecule has 0 saturated heterocycles. The third-order valence-corrected chi connectivity index (χ3v) is 14.3. The molecule has 0 N–H and O–H groups in total. The van der Waals surface area contributed by atoms with Crippen LogP contribution in [-0.2, 0) is 28.6 Å². The van der Waals surface area contributed by atoms with Gasteiger partial charge in [-0.3, -0.25) is 14.4 Å². The molecule has 0 fully saturated rings. The molecule has 0 aromatic rings. The summed E-state index contributed by atoms with van der Waals surface area (Å²) in [5.41, 5.74) is 0. The van der Waals surface area contributed by atoms with Crippen LogP contribution in [0.1, 0.15) is 335 Å². The zero-order valence-electron chi connectivity index (χ0n) is 49.4. The van der Waals surface area contributed by atoms with Crippen molar-refractivity contribution in [3.8, 4) is 0 Å². The van der Waals surface area contributed by atoms with E-state index in [0.717, 1.165) is 103 Å². The molecule has 430 valence electrons. The standard InChI is InChI=1S/C68H122O6/c1-4-7-10-13-15-17-19-21-23-25-27-29-31-33-35-36-38-40-42-44-46-48-50-52-55-58-61-67(70)73-64-65(63-72-66(69)60-57-54-12-9-6-3)74-68(71)62-59-56-53-51-49-47-45-43-41-39-37-34-32-30-28-26-24-22-20-18-16-14-11-8-5-2/h8,11,16,18,22,24,28,30,34,37,65H,4-7,9-10,12-15,17,19-21,23,25-27,29,31-33,35-36,38-64H2,1-3H3/b11-8-,18-16-,24-22-,30-28-,37-34-. The Bertz CT molecular complexity index is 1330. The van der Waals surface area contributed by atoms with Crippen LogP contribution >= 0.6 is 0 Å². The molecule has 0 rings (SSSR count). The second kappa shape index (κ2) is 62.6. The Hall–Kier alpha value is -2.89. The molecule has 0 amide bonds. The molecule has 0 heterocycles. The lowest BCUT2D eigenvalue weighted by Crippen LogP contribution is -2.30. The van der Waals surface area contributed by atoms with Crippen LogP contribution in [0.4, 0.5) is 0 Å². The summed E-state index contributed by atoms with van der Waals surface area (Å²) in [4.78, 5) is 37.9. The van der Waals surface area contributed by atoms with Gasteiger partial charge in [0.15, 0.2) is 6.10 Å². The fraction of sp³-hybridized carbons (Fsp3) is 0.809. The highest BCUT2D eigenvalue weighted by atomic mass is 16.6. The van der Waals surface area contributed by atoms with Gasteiger partial charge in [-0.1, -0.05) is 313 Å². The van der Waals surface area contributed by atoms with Gasteiger partial charge in [0.1, 0.15) is 13.2 Å². The zero-order chi connectivity index (χ0) is 53.6. The van der Waals surface area contributed by atoms with Gasteiger partial charge in [-0.05, 0) is 64.2 Å². The van der Waals surface area contributed by atoms with E-state index in [0.29, 0.717) is 19.3 Å². The molecule has 74 heavy (non-hydrogen) atoms. The molecular weight excluding hydrogens is 913 g/mol. The molecule has 0 spiro atoms. The first-order valence-electron chi connectivity index (χ1n) is 32.3. The average molecular weight is 1040 g/mol. The smallest absolute Gasteiger partial charge is 0.306 e.